The van der Waals surface area contributed by atoms with Crippen LogP contribution in [0.25, 0.3) is 0 Å². The lowest BCUT2D eigenvalue weighted by molar-refractivity contribution is -0.142. The van der Waals surface area contributed by atoms with Gasteiger partial charge >= 0.3 is 5.97 Å². The van der Waals surface area contributed by atoms with Gasteiger partial charge in [-0.1, -0.05) is 0 Å². The molecule has 0 radical (unpaired) electrons. The molecular weight excluding hydrogens is 119 g/mol. The molecule has 7 heavy (non-hydrogen) atoms. The zero-order valence-corrected chi connectivity index (χ0v) is 4.47. The first-order chi connectivity index (χ1) is 3.18. The Bertz CT molecular complexity index is 70.6. The smallest absolute Gasteiger partial charge is 0.352 e. The van der Waals surface area contributed by atoms with Crippen molar-refractivity contribution < 1.29 is 14.2 Å². The van der Waals surface area contributed by atoms with Crippen LogP contribution in [0.2, 0.25) is 0 Å². The summed E-state index contributed by atoms with van der Waals surface area (Å²) in [6.45, 7) is 1.27. The van der Waals surface area contributed by atoms with Crippen LogP contribution in [0.1, 0.15) is 6.92 Å². The minimum Gasteiger partial charge on any atom is -0.382 e. The molecule has 1 unspecified atom stereocenters. The van der Waals surface area contributed by atoms with Crippen LogP contribution in [0.3, 0.4) is 0 Å². The van der Waals surface area contributed by atoms with Gasteiger partial charge < -0.3 is 9.40 Å². The number of hydrogen-bond donors (Lipinski definition) is 1. The van der Waals surface area contributed by atoms with Gasteiger partial charge in [-0.25, -0.2) is 4.79 Å². The van der Waals surface area contributed by atoms with Gasteiger partial charge in [0, 0.05) is 0 Å². The molecule has 0 aromatic rings. The molecule has 1 atom stereocenters. The fraction of sp³-hybridized carbons (Fsp3) is 0.667. The highest BCUT2D eigenvalue weighted by Crippen LogP contribution is 1.87. The number of carbonyl (C=O) groups excluding carboxylic acids is 1. The van der Waals surface area contributed by atoms with E-state index in [9.17, 15) is 4.79 Å². The number of carbonyl (C=O) groups is 1. The van der Waals surface area contributed by atoms with Crippen LogP contribution in [0.4, 0.5) is 0 Å². The van der Waals surface area contributed by atoms with Crippen LogP contribution in [0, 0.1) is 0 Å². The second-order valence-corrected chi connectivity index (χ2v) is 1.23. The summed E-state index contributed by atoms with van der Waals surface area (Å²) in [7, 11) is 0. The summed E-state index contributed by atoms with van der Waals surface area (Å²) in [5, 5.41) is 8.26. The summed E-state index contributed by atoms with van der Waals surface area (Å²) < 4.78 is 3.59. The van der Waals surface area contributed by atoms with Crippen LogP contribution in [0.15, 0.2) is 0 Å². The van der Waals surface area contributed by atoms with E-state index in [0.717, 1.165) is 0 Å². The lowest BCUT2D eigenvalue weighted by Crippen LogP contribution is -2.14. The van der Waals surface area contributed by atoms with E-state index >= 15 is 0 Å². The fourth-order valence-corrected chi connectivity index (χ4v) is 0.193. The number of aliphatic hydroxyl groups excluding tert-OH is 1. The monoisotopic (exact) mass is 124 g/mol. The van der Waals surface area contributed by atoms with E-state index in [1.54, 1.807) is 0 Å². The van der Waals surface area contributed by atoms with Crippen molar-refractivity contribution >= 4 is 17.8 Å². The molecule has 0 aliphatic rings. The molecule has 3 nitrogen and oxygen atoms in total. The highest BCUT2D eigenvalue weighted by molar-refractivity contribution is 6.13. The van der Waals surface area contributed by atoms with Gasteiger partial charge in [-0.2, -0.15) is 0 Å². The van der Waals surface area contributed by atoms with Crippen molar-refractivity contribution in [2.24, 2.45) is 0 Å². The number of hydrogen-bond acceptors (Lipinski definition) is 3. The first-order valence-electron chi connectivity index (χ1n) is 1.69. The third-order valence-corrected chi connectivity index (χ3v) is 0.569. The van der Waals surface area contributed by atoms with E-state index < -0.39 is 12.1 Å². The minimum absolute atomic E-state index is 0.832. The molecule has 0 aromatic carbocycles. The van der Waals surface area contributed by atoms with Crippen molar-refractivity contribution in [2.45, 2.75) is 13.0 Å². The van der Waals surface area contributed by atoms with Crippen molar-refractivity contribution in [3.05, 3.63) is 0 Å². The van der Waals surface area contributed by atoms with Crippen molar-refractivity contribution in [1.82, 2.24) is 0 Å². The molecule has 0 aromatic heterocycles. The summed E-state index contributed by atoms with van der Waals surface area (Å²) in [4.78, 5) is 9.91. The lowest BCUT2D eigenvalue weighted by Gasteiger charge is -1.93. The zero-order chi connectivity index (χ0) is 5.86. The number of rotatable bonds is 1. The van der Waals surface area contributed by atoms with Crippen LogP contribution >= 0.6 is 11.9 Å². The maximum absolute atomic E-state index is 9.91. The standard InChI is InChI=1S/C3H5ClO3/c1-2(5)3(6)7-4/h2,5H,1H3. The molecule has 0 rings (SSSR count). The normalized spacial score (nSPS) is 13.0. The Morgan fingerprint density at radius 1 is 2.00 bits per heavy atom. The Labute approximate surface area is 46.0 Å². The van der Waals surface area contributed by atoms with Crippen molar-refractivity contribution in [3.8, 4) is 0 Å². The molecule has 42 valence electrons. The molecule has 0 fully saturated rings. The van der Waals surface area contributed by atoms with Crippen LogP contribution < -0.4 is 0 Å². The van der Waals surface area contributed by atoms with Gasteiger partial charge in [0.1, 0.15) is 18.0 Å². The van der Waals surface area contributed by atoms with Crippen molar-refractivity contribution in [1.29, 1.82) is 0 Å². The summed E-state index contributed by atoms with van der Waals surface area (Å²) >= 11 is 4.54. The predicted octanol–water partition coefficient (Wildman–Crippen LogP) is 0.0642. The molecule has 1 N–H and O–H groups in total. The molecule has 0 saturated heterocycles. The van der Waals surface area contributed by atoms with E-state index in [1.165, 1.54) is 6.92 Å². The molecule has 0 aliphatic carbocycles. The molecule has 0 heterocycles. The van der Waals surface area contributed by atoms with Crippen LogP contribution in [0.5, 0.6) is 0 Å². The minimum atomic E-state index is -1.13. The Hall–Kier alpha value is -0.280. The van der Waals surface area contributed by atoms with Gasteiger partial charge in [0.15, 0.2) is 0 Å². The molecule has 0 bridgehead atoms. The van der Waals surface area contributed by atoms with Crippen LogP contribution in [-0.4, -0.2) is 17.2 Å². The summed E-state index contributed by atoms with van der Waals surface area (Å²) in [5.41, 5.74) is 0. The molecule has 0 saturated carbocycles. The van der Waals surface area contributed by atoms with E-state index in [-0.39, 0.29) is 0 Å². The molecule has 0 aliphatic heterocycles. The second-order valence-electron chi connectivity index (χ2n) is 1.07. The van der Waals surface area contributed by atoms with Crippen molar-refractivity contribution in [3.63, 3.8) is 0 Å². The highest BCUT2D eigenvalue weighted by atomic mass is 35.5. The molecule has 0 amide bonds. The van der Waals surface area contributed by atoms with E-state index in [2.05, 4.69) is 16.2 Å². The first kappa shape index (κ1) is 6.72. The third kappa shape index (κ3) is 2.42. The highest BCUT2D eigenvalue weighted by Gasteiger charge is 2.07. The van der Waals surface area contributed by atoms with Gasteiger partial charge in [0.05, 0.1) is 0 Å². The Morgan fingerprint density at radius 3 is 2.43 bits per heavy atom. The largest absolute Gasteiger partial charge is 0.382 e. The first-order valence-corrected chi connectivity index (χ1v) is 2.00. The van der Waals surface area contributed by atoms with Gasteiger partial charge in [0.2, 0.25) is 0 Å². The van der Waals surface area contributed by atoms with Crippen molar-refractivity contribution in [2.75, 3.05) is 0 Å². The Balaban J connectivity index is 3.35. The van der Waals surface area contributed by atoms with Gasteiger partial charge in [-0.3, -0.25) is 0 Å². The fourth-order valence-electron chi connectivity index (χ4n) is 0.0645. The quantitative estimate of drug-likeness (QED) is 0.538. The van der Waals surface area contributed by atoms with E-state index in [1.807, 2.05) is 0 Å². The third-order valence-electron chi connectivity index (χ3n) is 0.417. The SMILES string of the molecule is CC(O)C(=O)OCl. The summed E-state index contributed by atoms with van der Waals surface area (Å²) in [5.74, 6) is -0.832. The molecule has 0 spiro atoms. The van der Waals surface area contributed by atoms with Gasteiger partial charge in [-0.05, 0) is 6.92 Å². The van der Waals surface area contributed by atoms with Gasteiger partial charge in [-0.15, -0.1) is 0 Å². The van der Waals surface area contributed by atoms with E-state index in [0.29, 0.717) is 0 Å². The number of aliphatic hydroxyl groups is 1. The van der Waals surface area contributed by atoms with Gasteiger partial charge in [0.25, 0.3) is 0 Å². The van der Waals surface area contributed by atoms with E-state index in [4.69, 9.17) is 5.11 Å². The average Bonchev–Trinajstić information content (AvgIpc) is 1.65. The molecular formula is C3H5ClO3. The number of halogens is 1. The Morgan fingerprint density at radius 2 is 2.43 bits per heavy atom. The lowest BCUT2D eigenvalue weighted by atomic mass is 10.4. The maximum Gasteiger partial charge on any atom is 0.352 e. The molecule has 4 heteroatoms. The Kier molecular flexibility index (Phi) is 2.71. The average molecular weight is 125 g/mol. The topological polar surface area (TPSA) is 46.5 Å². The second kappa shape index (κ2) is 2.82. The van der Waals surface area contributed by atoms with Crippen LogP contribution in [-0.2, 0) is 9.08 Å². The zero-order valence-electron chi connectivity index (χ0n) is 3.72. The maximum atomic E-state index is 9.91. The predicted molar refractivity (Wildman–Crippen MR) is 23.6 cm³/mol. The summed E-state index contributed by atoms with van der Waals surface area (Å²) in [6.07, 6.45) is -1.13. The summed E-state index contributed by atoms with van der Waals surface area (Å²) in [6, 6.07) is 0.